The molecule has 3 N–H and O–H groups in total. The van der Waals surface area contributed by atoms with E-state index in [1.807, 2.05) is 6.08 Å². The lowest BCUT2D eigenvalue weighted by Crippen LogP contribution is -2.03. The molecule has 0 saturated carbocycles. The molecule has 0 bridgehead atoms. The van der Waals surface area contributed by atoms with E-state index in [1.54, 1.807) is 0 Å². The Balaban J connectivity index is 0. The summed E-state index contributed by atoms with van der Waals surface area (Å²) in [5, 5.41) is 0. The van der Waals surface area contributed by atoms with Crippen molar-refractivity contribution in [2.75, 3.05) is 0 Å². The Morgan fingerprint density at radius 3 is 2.07 bits per heavy atom. The van der Waals surface area contributed by atoms with Crippen LogP contribution in [0.2, 0.25) is 0 Å². The van der Waals surface area contributed by atoms with Crippen LogP contribution in [0.3, 0.4) is 0 Å². The zero-order valence-electron chi connectivity index (χ0n) is 10.4. The molecule has 14 heavy (non-hydrogen) atoms. The molecular weight excluding hydrogens is 170 g/mol. The molecule has 0 radical (unpaired) electrons. The summed E-state index contributed by atoms with van der Waals surface area (Å²) in [5.74, 6) is 1.76. The van der Waals surface area contributed by atoms with Gasteiger partial charge in [-0.15, -0.1) is 6.58 Å². The van der Waals surface area contributed by atoms with Crippen LogP contribution >= 0.6 is 0 Å². The summed E-state index contributed by atoms with van der Waals surface area (Å²) >= 11 is 0. The third-order valence-corrected chi connectivity index (χ3v) is 2.96. The van der Waals surface area contributed by atoms with Crippen molar-refractivity contribution in [2.45, 2.75) is 59.3 Å². The molecule has 0 saturated heterocycles. The molecular formula is C13H29N. The molecule has 1 nitrogen and oxygen atoms in total. The number of unbranched alkanes of at least 4 members (excludes halogenated alkanes) is 4. The van der Waals surface area contributed by atoms with Crippen LogP contribution in [0.25, 0.3) is 0 Å². The van der Waals surface area contributed by atoms with Crippen molar-refractivity contribution in [3.63, 3.8) is 0 Å². The van der Waals surface area contributed by atoms with E-state index in [2.05, 4.69) is 27.4 Å². The first kappa shape index (κ1) is 16.1. The fourth-order valence-corrected chi connectivity index (χ4v) is 1.44. The Morgan fingerprint density at radius 2 is 1.57 bits per heavy atom. The van der Waals surface area contributed by atoms with E-state index in [-0.39, 0.29) is 6.15 Å². The van der Waals surface area contributed by atoms with Gasteiger partial charge < -0.3 is 6.15 Å². The molecule has 0 aliphatic heterocycles. The van der Waals surface area contributed by atoms with Gasteiger partial charge in [-0.1, -0.05) is 52.5 Å². The van der Waals surface area contributed by atoms with Gasteiger partial charge in [0, 0.05) is 0 Å². The third kappa shape index (κ3) is 9.79. The molecule has 0 aromatic heterocycles. The minimum atomic E-state index is 0. The monoisotopic (exact) mass is 199 g/mol. The van der Waals surface area contributed by atoms with Crippen molar-refractivity contribution >= 4 is 0 Å². The van der Waals surface area contributed by atoms with Crippen molar-refractivity contribution < 1.29 is 0 Å². The Morgan fingerprint density at radius 1 is 1.00 bits per heavy atom. The minimum absolute atomic E-state index is 0. The molecule has 0 amide bonds. The van der Waals surface area contributed by atoms with Gasteiger partial charge >= 0.3 is 0 Å². The average molecular weight is 199 g/mol. The quantitative estimate of drug-likeness (QED) is 0.435. The molecule has 86 valence electrons. The molecule has 0 heterocycles. The highest BCUT2D eigenvalue weighted by Crippen LogP contribution is 2.18. The highest BCUT2D eigenvalue weighted by atomic mass is 14.1. The smallest absolute Gasteiger partial charge is 0.0353 e. The topological polar surface area (TPSA) is 35.0 Å². The molecule has 0 fully saturated rings. The lowest BCUT2D eigenvalue weighted by Gasteiger charge is -2.14. The second kappa shape index (κ2) is 10.8. The summed E-state index contributed by atoms with van der Waals surface area (Å²) in [7, 11) is 0. The molecule has 0 aliphatic carbocycles. The van der Waals surface area contributed by atoms with E-state index in [9.17, 15) is 0 Å². The van der Waals surface area contributed by atoms with Crippen LogP contribution in [0, 0.1) is 11.8 Å². The highest BCUT2D eigenvalue weighted by Gasteiger charge is 2.05. The normalized spacial score (nSPS) is 12.3. The number of rotatable bonds is 8. The summed E-state index contributed by atoms with van der Waals surface area (Å²) in [6, 6.07) is 0. The fraction of sp³-hybridized carbons (Fsp3) is 0.846. The second-order valence-corrected chi connectivity index (χ2v) is 4.50. The van der Waals surface area contributed by atoms with Crippen molar-refractivity contribution in [1.29, 1.82) is 0 Å². The van der Waals surface area contributed by atoms with Gasteiger partial charge in [-0.3, -0.25) is 0 Å². The van der Waals surface area contributed by atoms with Crippen LogP contribution in [0.1, 0.15) is 59.3 Å². The molecule has 1 unspecified atom stereocenters. The molecule has 1 atom stereocenters. The van der Waals surface area contributed by atoms with E-state index >= 15 is 0 Å². The number of allylic oxidation sites excluding steroid dienone is 1. The summed E-state index contributed by atoms with van der Waals surface area (Å²) in [4.78, 5) is 0. The Bertz CT molecular complexity index is 118. The second-order valence-electron chi connectivity index (χ2n) is 4.50. The zero-order valence-corrected chi connectivity index (χ0v) is 10.4. The molecule has 0 aromatic rings. The van der Waals surface area contributed by atoms with Crippen molar-refractivity contribution in [3.8, 4) is 0 Å². The zero-order chi connectivity index (χ0) is 10.1. The average Bonchev–Trinajstić information content (AvgIpc) is 2.10. The number of hydrogen-bond acceptors (Lipinski definition) is 1. The molecule has 0 aliphatic rings. The van der Waals surface area contributed by atoms with Crippen molar-refractivity contribution in [1.82, 2.24) is 6.15 Å². The SMILES string of the molecule is C=CCCCCCCC(C)C(C)C.N. The predicted molar refractivity (Wildman–Crippen MR) is 66.9 cm³/mol. The van der Waals surface area contributed by atoms with E-state index in [0.717, 1.165) is 11.8 Å². The van der Waals surface area contributed by atoms with Gasteiger partial charge in [-0.05, 0) is 24.7 Å². The van der Waals surface area contributed by atoms with Gasteiger partial charge in [-0.25, -0.2) is 0 Å². The summed E-state index contributed by atoms with van der Waals surface area (Å²) in [6.45, 7) is 10.7. The van der Waals surface area contributed by atoms with Crippen molar-refractivity contribution in [3.05, 3.63) is 12.7 Å². The van der Waals surface area contributed by atoms with Crippen LogP contribution in [-0.2, 0) is 0 Å². The van der Waals surface area contributed by atoms with E-state index in [1.165, 1.54) is 38.5 Å². The summed E-state index contributed by atoms with van der Waals surface area (Å²) in [6.07, 6.45) is 10.2. The molecule has 1 heteroatoms. The lowest BCUT2D eigenvalue weighted by atomic mass is 9.92. The first-order valence-corrected chi connectivity index (χ1v) is 5.79. The number of hydrogen-bond donors (Lipinski definition) is 1. The molecule has 0 aromatic carbocycles. The fourth-order valence-electron chi connectivity index (χ4n) is 1.44. The van der Waals surface area contributed by atoms with Gasteiger partial charge in [0.25, 0.3) is 0 Å². The maximum absolute atomic E-state index is 3.73. The Kier molecular flexibility index (Phi) is 12.4. The van der Waals surface area contributed by atoms with Crippen LogP contribution in [0.15, 0.2) is 12.7 Å². The lowest BCUT2D eigenvalue weighted by molar-refractivity contribution is 0.375. The molecule has 0 spiro atoms. The summed E-state index contributed by atoms with van der Waals surface area (Å²) in [5.41, 5.74) is 0. The Labute approximate surface area is 90.6 Å². The van der Waals surface area contributed by atoms with E-state index in [4.69, 9.17) is 0 Å². The first-order chi connectivity index (χ1) is 6.18. The van der Waals surface area contributed by atoms with Crippen LogP contribution < -0.4 is 6.15 Å². The van der Waals surface area contributed by atoms with E-state index in [0.29, 0.717) is 0 Å². The van der Waals surface area contributed by atoms with Crippen LogP contribution in [0.4, 0.5) is 0 Å². The molecule has 0 rings (SSSR count). The van der Waals surface area contributed by atoms with Crippen LogP contribution in [0.5, 0.6) is 0 Å². The van der Waals surface area contributed by atoms with Crippen molar-refractivity contribution in [2.24, 2.45) is 11.8 Å². The van der Waals surface area contributed by atoms with Gasteiger partial charge in [0.05, 0.1) is 0 Å². The standard InChI is InChI=1S/C13H26.H3N/c1-5-6-7-8-9-10-11-13(4)12(2)3;/h5,12-13H,1,6-11H2,2-4H3;1H3. The van der Waals surface area contributed by atoms with Gasteiger partial charge in [-0.2, -0.15) is 0 Å². The maximum Gasteiger partial charge on any atom is -0.0353 e. The first-order valence-electron chi connectivity index (χ1n) is 5.79. The van der Waals surface area contributed by atoms with Gasteiger partial charge in [0.15, 0.2) is 0 Å². The highest BCUT2D eigenvalue weighted by molar-refractivity contribution is 4.65. The minimum Gasteiger partial charge on any atom is -0.344 e. The van der Waals surface area contributed by atoms with E-state index < -0.39 is 0 Å². The summed E-state index contributed by atoms with van der Waals surface area (Å²) < 4.78 is 0. The van der Waals surface area contributed by atoms with Gasteiger partial charge in [0.1, 0.15) is 0 Å². The Hall–Kier alpha value is -0.300. The predicted octanol–water partition coefficient (Wildman–Crippen LogP) is 4.97. The maximum atomic E-state index is 3.73. The van der Waals surface area contributed by atoms with Crippen LogP contribution in [-0.4, -0.2) is 0 Å². The van der Waals surface area contributed by atoms with Gasteiger partial charge in [0.2, 0.25) is 0 Å². The third-order valence-electron chi connectivity index (χ3n) is 2.96. The largest absolute Gasteiger partial charge is 0.344 e.